The molecule has 1 atom stereocenters. The molecule has 0 saturated carbocycles. The van der Waals surface area contributed by atoms with Gasteiger partial charge >= 0.3 is 0 Å². The maximum absolute atomic E-state index is 9.26. The SMILES string of the molecule is Cc1ccc(N2CC(C)OC(C)(C)C2)c(C#N)c1. The van der Waals surface area contributed by atoms with E-state index in [4.69, 9.17) is 4.74 Å². The number of aryl methyl sites for hydroxylation is 1. The van der Waals surface area contributed by atoms with Crippen LogP contribution in [0, 0.1) is 18.3 Å². The summed E-state index contributed by atoms with van der Waals surface area (Å²) in [4.78, 5) is 2.26. The predicted molar refractivity (Wildman–Crippen MR) is 72.7 cm³/mol. The molecule has 3 nitrogen and oxygen atoms in total. The van der Waals surface area contributed by atoms with Crippen LogP contribution in [0.5, 0.6) is 0 Å². The molecule has 0 aromatic heterocycles. The monoisotopic (exact) mass is 244 g/mol. The fourth-order valence-corrected chi connectivity index (χ4v) is 2.65. The Kier molecular flexibility index (Phi) is 3.32. The molecule has 1 aliphatic rings. The first kappa shape index (κ1) is 12.9. The Hall–Kier alpha value is -1.53. The van der Waals surface area contributed by atoms with Crippen LogP contribution in [-0.4, -0.2) is 24.8 Å². The molecule has 18 heavy (non-hydrogen) atoms. The first-order valence-electron chi connectivity index (χ1n) is 6.35. The van der Waals surface area contributed by atoms with E-state index in [0.29, 0.717) is 0 Å². The lowest BCUT2D eigenvalue weighted by Gasteiger charge is -2.43. The summed E-state index contributed by atoms with van der Waals surface area (Å²) in [5.41, 5.74) is 2.72. The fraction of sp³-hybridized carbons (Fsp3) is 0.533. The number of morpholine rings is 1. The Morgan fingerprint density at radius 2 is 2.17 bits per heavy atom. The molecule has 1 saturated heterocycles. The zero-order valence-corrected chi connectivity index (χ0v) is 11.5. The largest absolute Gasteiger partial charge is 0.369 e. The summed E-state index contributed by atoms with van der Waals surface area (Å²) in [6, 6.07) is 8.34. The molecule has 1 aliphatic heterocycles. The highest BCUT2D eigenvalue weighted by molar-refractivity contribution is 5.61. The molecule has 96 valence electrons. The summed E-state index contributed by atoms with van der Waals surface area (Å²) in [6.45, 7) is 9.92. The fourth-order valence-electron chi connectivity index (χ4n) is 2.65. The lowest BCUT2D eigenvalue weighted by Crippen LogP contribution is -2.52. The number of rotatable bonds is 1. The maximum Gasteiger partial charge on any atom is 0.101 e. The third kappa shape index (κ3) is 2.65. The molecule has 0 amide bonds. The number of anilines is 1. The molecule has 0 radical (unpaired) electrons. The van der Waals surface area contributed by atoms with Gasteiger partial charge in [-0.25, -0.2) is 0 Å². The van der Waals surface area contributed by atoms with Crippen molar-refractivity contribution in [1.29, 1.82) is 5.26 Å². The van der Waals surface area contributed by atoms with E-state index in [1.807, 2.05) is 19.1 Å². The number of ether oxygens (including phenoxy) is 1. The molecule has 0 bridgehead atoms. The zero-order chi connectivity index (χ0) is 13.3. The van der Waals surface area contributed by atoms with Crippen molar-refractivity contribution >= 4 is 5.69 Å². The average Bonchev–Trinajstić information content (AvgIpc) is 2.25. The number of hydrogen-bond acceptors (Lipinski definition) is 3. The standard InChI is InChI=1S/C15H20N2O/c1-11-5-6-14(13(7-11)8-16)17-9-12(2)18-15(3,4)10-17/h5-7,12H,9-10H2,1-4H3. The number of nitrogens with zero attached hydrogens (tertiary/aromatic N) is 2. The predicted octanol–water partition coefficient (Wildman–Crippen LogP) is 2.87. The second kappa shape index (κ2) is 4.62. The van der Waals surface area contributed by atoms with Crippen molar-refractivity contribution in [3.63, 3.8) is 0 Å². The maximum atomic E-state index is 9.26. The number of nitriles is 1. The van der Waals surface area contributed by atoms with Crippen LogP contribution in [0.15, 0.2) is 18.2 Å². The minimum absolute atomic E-state index is 0.171. The van der Waals surface area contributed by atoms with E-state index in [0.717, 1.165) is 29.9 Å². The third-order valence-electron chi connectivity index (χ3n) is 3.18. The van der Waals surface area contributed by atoms with Gasteiger partial charge in [-0.05, 0) is 45.4 Å². The minimum Gasteiger partial charge on any atom is -0.369 e. The van der Waals surface area contributed by atoms with Crippen LogP contribution >= 0.6 is 0 Å². The molecule has 0 spiro atoms. The van der Waals surface area contributed by atoms with Crippen molar-refractivity contribution < 1.29 is 4.74 Å². The van der Waals surface area contributed by atoms with Crippen molar-refractivity contribution in [1.82, 2.24) is 0 Å². The van der Waals surface area contributed by atoms with Gasteiger partial charge in [0.15, 0.2) is 0 Å². The van der Waals surface area contributed by atoms with E-state index in [9.17, 15) is 5.26 Å². The zero-order valence-electron chi connectivity index (χ0n) is 11.5. The van der Waals surface area contributed by atoms with Gasteiger partial charge in [-0.1, -0.05) is 6.07 Å². The smallest absolute Gasteiger partial charge is 0.101 e. The highest BCUT2D eigenvalue weighted by atomic mass is 16.5. The quantitative estimate of drug-likeness (QED) is 0.762. The normalized spacial score (nSPS) is 22.6. The van der Waals surface area contributed by atoms with Crippen LogP contribution in [0.4, 0.5) is 5.69 Å². The molecule has 3 heteroatoms. The molecule has 1 aromatic rings. The molecule has 2 rings (SSSR count). The van der Waals surface area contributed by atoms with Crippen molar-refractivity contribution in [2.45, 2.75) is 39.4 Å². The first-order valence-corrected chi connectivity index (χ1v) is 6.35. The highest BCUT2D eigenvalue weighted by Gasteiger charge is 2.32. The van der Waals surface area contributed by atoms with Crippen LogP contribution in [0.25, 0.3) is 0 Å². The van der Waals surface area contributed by atoms with Crippen molar-refractivity contribution in [3.8, 4) is 6.07 Å². The molecule has 1 heterocycles. The molecule has 1 fully saturated rings. The average molecular weight is 244 g/mol. The molecule has 0 aliphatic carbocycles. The van der Waals surface area contributed by atoms with Crippen LogP contribution in [0.1, 0.15) is 31.9 Å². The van der Waals surface area contributed by atoms with E-state index >= 15 is 0 Å². The summed E-state index contributed by atoms with van der Waals surface area (Å²) in [7, 11) is 0. The van der Waals surface area contributed by atoms with E-state index in [2.05, 4.69) is 37.8 Å². The third-order valence-corrected chi connectivity index (χ3v) is 3.18. The van der Waals surface area contributed by atoms with E-state index in [1.165, 1.54) is 0 Å². The van der Waals surface area contributed by atoms with Crippen LogP contribution in [0.2, 0.25) is 0 Å². The van der Waals surface area contributed by atoms with E-state index < -0.39 is 0 Å². The van der Waals surface area contributed by atoms with Gasteiger partial charge < -0.3 is 9.64 Å². The minimum atomic E-state index is -0.171. The van der Waals surface area contributed by atoms with Crippen molar-refractivity contribution in [2.24, 2.45) is 0 Å². The van der Waals surface area contributed by atoms with Crippen LogP contribution in [-0.2, 0) is 4.74 Å². The molecular weight excluding hydrogens is 224 g/mol. The second-order valence-corrected chi connectivity index (χ2v) is 5.70. The molecule has 0 N–H and O–H groups in total. The van der Waals surface area contributed by atoms with E-state index in [-0.39, 0.29) is 11.7 Å². The first-order chi connectivity index (χ1) is 8.41. The Morgan fingerprint density at radius 1 is 1.44 bits per heavy atom. The Bertz CT molecular complexity index is 488. The Morgan fingerprint density at radius 3 is 2.78 bits per heavy atom. The Labute approximate surface area is 109 Å². The van der Waals surface area contributed by atoms with Gasteiger partial charge in [-0.2, -0.15) is 5.26 Å². The van der Waals surface area contributed by atoms with Gasteiger partial charge in [0.1, 0.15) is 6.07 Å². The summed E-state index contributed by atoms with van der Waals surface area (Å²) in [6.07, 6.45) is 0.182. The number of benzene rings is 1. The molecule has 1 aromatic carbocycles. The van der Waals surface area contributed by atoms with Crippen LogP contribution in [0.3, 0.4) is 0 Å². The van der Waals surface area contributed by atoms with Gasteiger partial charge in [0, 0.05) is 13.1 Å². The van der Waals surface area contributed by atoms with Gasteiger partial charge in [0.2, 0.25) is 0 Å². The lowest BCUT2D eigenvalue weighted by atomic mass is 10.0. The van der Waals surface area contributed by atoms with Crippen LogP contribution < -0.4 is 4.90 Å². The van der Waals surface area contributed by atoms with Crippen molar-refractivity contribution in [2.75, 3.05) is 18.0 Å². The summed E-state index contributed by atoms with van der Waals surface area (Å²) in [5, 5.41) is 9.26. The number of hydrogen-bond donors (Lipinski definition) is 0. The van der Waals surface area contributed by atoms with E-state index in [1.54, 1.807) is 0 Å². The second-order valence-electron chi connectivity index (χ2n) is 5.70. The molecule has 1 unspecified atom stereocenters. The highest BCUT2D eigenvalue weighted by Crippen LogP contribution is 2.28. The Balaban J connectivity index is 2.34. The van der Waals surface area contributed by atoms with Crippen molar-refractivity contribution in [3.05, 3.63) is 29.3 Å². The molecular formula is C15H20N2O. The topological polar surface area (TPSA) is 36.3 Å². The summed E-state index contributed by atoms with van der Waals surface area (Å²) >= 11 is 0. The van der Waals surface area contributed by atoms with Gasteiger partial charge in [0.25, 0.3) is 0 Å². The van der Waals surface area contributed by atoms with Gasteiger partial charge in [-0.15, -0.1) is 0 Å². The lowest BCUT2D eigenvalue weighted by molar-refractivity contribution is -0.0749. The van der Waals surface area contributed by atoms with Gasteiger partial charge in [0.05, 0.1) is 23.0 Å². The summed E-state index contributed by atoms with van der Waals surface area (Å²) < 4.78 is 5.90. The summed E-state index contributed by atoms with van der Waals surface area (Å²) in [5.74, 6) is 0. The van der Waals surface area contributed by atoms with Gasteiger partial charge in [-0.3, -0.25) is 0 Å².